The van der Waals surface area contributed by atoms with E-state index < -0.39 is 0 Å². The molecule has 2 aromatic heterocycles. The topological polar surface area (TPSA) is 61.4 Å². The number of para-hydroxylation sites is 1. The lowest BCUT2D eigenvalue weighted by Crippen LogP contribution is -2.48. The first kappa shape index (κ1) is 20.4. The van der Waals surface area contributed by atoms with E-state index in [2.05, 4.69) is 46.3 Å². The summed E-state index contributed by atoms with van der Waals surface area (Å²) < 4.78 is 1.09. The molecule has 0 aliphatic carbocycles. The van der Waals surface area contributed by atoms with Crippen molar-refractivity contribution in [1.82, 2.24) is 19.8 Å². The van der Waals surface area contributed by atoms with Gasteiger partial charge in [-0.1, -0.05) is 44.2 Å². The van der Waals surface area contributed by atoms with Crippen molar-refractivity contribution in [2.75, 3.05) is 38.0 Å². The van der Waals surface area contributed by atoms with Crippen molar-refractivity contribution in [2.24, 2.45) is 0 Å². The van der Waals surface area contributed by atoms with Crippen LogP contribution in [0.1, 0.15) is 31.5 Å². The van der Waals surface area contributed by atoms with E-state index in [0.717, 1.165) is 42.9 Å². The Hall–Kier alpha value is -1.87. The van der Waals surface area contributed by atoms with Crippen molar-refractivity contribution < 1.29 is 4.79 Å². The van der Waals surface area contributed by atoms with Gasteiger partial charge in [0.05, 0.1) is 29.0 Å². The molecule has 0 atom stereocenters. The fraction of sp³-hybridized carbons (Fsp3) is 0.476. The number of hydrogen-bond acceptors (Lipinski definition) is 7. The number of anilines is 1. The first-order chi connectivity index (χ1) is 13.9. The number of thiazole rings is 2. The highest BCUT2D eigenvalue weighted by Crippen LogP contribution is 2.26. The fourth-order valence-electron chi connectivity index (χ4n) is 3.31. The average molecular weight is 430 g/mol. The zero-order valence-corrected chi connectivity index (χ0v) is 18.8. The van der Waals surface area contributed by atoms with Gasteiger partial charge >= 0.3 is 0 Å². The summed E-state index contributed by atoms with van der Waals surface area (Å²) in [5.74, 6) is 0.00671. The molecule has 0 saturated carbocycles. The lowest BCUT2D eigenvalue weighted by Gasteiger charge is -2.33. The second-order valence-electron chi connectivity index (χ2n) is 8.46. The minimum absolute atomic E-state index is 0.00671. The fourth-order valence-corrected chi connectivity index (χ4v) is 5.26. The molecular formula is C21H27N5OS2. The van der Waals surface area contributed by atoms with Crippen LogP contribution >= 0.6 is 22.7 Å². The van der Waals surface area contributed by atoms with E-state index in [4.69, 9.17) is 4.98 Å². The van der Waals surface area contributed by atoms with E-state index in [1.165, 1.54) is 22.0 Å². The number of nitrogens with zero attached hydrogens (tertiary/aromatic N) is 4. The smallest absolute Gasteiger partial charge is 0.240 e. The van der Waals surface area contributed by atoms with Crippen molar-refractivity contribution in [1.29, 1.82) is 0 Å². The number of carbonyl (C=O) groups is 1. The standard InChI is InChI=1S/C21H27N5OS2/c1-21(2,3)17-14-28-19(23-17)13-26-10-8-25(9-11-26)12-18(27)24-20-22-15-6-4-5-7-16(15)29-20/h4-7,14H,8-13H2,1-3H3,(H,22,24,27). The van der Waals surface area contributed by atoms with Crippen molar-refractivity contribution in [3.8, 4) is 0 Å². The van der Waals surface area contributed by atoms with Crippen LogP contribution in [0.15, 0.2) is 29.6 Å². The monoisotopic (exact) mass is 429 g/mol. The SMILES string of the molecule is CC(C)(C)c1csc(CN2CCN(CC(=O)Nc3nc4ccccc4s3)CC2)n1. The van der Waals surface area contributed by atoms with Gasteiger partial charge in [0.2, 0.25) is 5.91 Å². The molecule has 1 fully saturated rings. The van der Waals surface area contributed by atoms with Crippen LogP contribution in [0.3, 0.4) is 0 Å². The van der Waals surface area contributed by atoms with Crippen LogP contribution in [0.2, 0.25) is 0 Å². The van der Waals surface area contributed by atoms with Crippen molar-refractivity contribution in [3.05, 3.63) is 40.3 Å². The molecule has 1 aromatic carbocycles. The molecule has 1 N–H and O–H groups in total. The van der Waals surface area contributed by atoms with E-state index in [9.17, 15) is 4.79 Å². The molecule has 3 heterocycles. The van der Waals surface area contributed by atoms with E-state index in [-0.39, 0.29) is 11.3 Å². The summed E-state index contributed by atoms with van der Waals surface area (Å²) in [6, 6.07) is 7.94. The van der Waals surface area contributed by atoms with Gasteiger partial charge in [-0.3, -0.25) is 14.6 Å². The Labute approximate surface area is 179 Å². The summed E-state index contributed by atoms with van der Waals surface area (Å²) >= 11 is 3.27. The Morgan fingerprint density at radius 2 is 1.83 bits per heavy atom. The van der Waals surface area contributed by atoms with Gasteiger partial charge in [0.15, 0.2) is 5.13 Å². The highest BCUT2D eigenvalue weighted by atomic mass is 32.1. The number of carbonyl (C=O) groups excluding carboxylic acids is 1. The Kier molecular flexibility index (Phi) is 5.96. The van der Waals surface area contributed by atoms with Crippen LogP contribution in [0.4, 0.5) is 5.13 Å². The molecule has 1 aliphatic rings. The minimum Gasteiger partial charge on any atom is -0.301 e. The van der Waals surface area contributed by atoms with Gasteiger partial charge in [0.25, 0.3) is 0 Å². The molecule has 1 aliphatic heterocycles. The molecular weight excluding hydrogens is 402 g/mol. The molecule has 1 amide bonds. The largest absolute Gasteiger partial charge is 0.301 e. The van der Waals surface area contributed by atoms with Gasteiger partial charge in [0.1, 0.15) is 5.01 Å². The van der Waals surface area contributed by atoms with Gasteiger partial charge in [-0.25, -0.2) is 9.97 Å². The number of fused-ring (bicyclic) bond motifs is 1. The zero-order chi connectivity index (χ0) is 20.4. The van der Waals surface area contributed by atoms with Crippen LogP contribution in [-0.4, -0.2) is 58.4 Å². The number of amides is 1. The zero-order valence-electron chi connectivity index (χ0n) is 17.1. The second-order valence-corrected chi connectivity index (χ2v) is 10.4. The lowest BCUT2D eigenvalue weighted by atomic mass is 9.93. The molecule has 0 bridgehead atoms. The maximum Gasteiger partial charge on any atom is 0.240 e. The van der Waals surface area contributed by atoms with Crippen LogP contribution < -0.4 is 5.32 Å². The summed E-state index contributed by atoms with van der Waals surface area (Å²) in [4.78, 5) is 26.3. The van der Waals surface area contributed by atoms with Crippen LogP contribution in [0.25, 0.3) is 10.2 Å². The first-order valence-electron chi connectivity index (χ1n) is 9.92. The highest BCUT2D eigenvalue weighted by molar-refractivity contribution is 7.22. The molecule has 4 rings (SSSR count). The molecule has 0 radical (unpaired) electrons. The molecule has 1 saturated heterocycles. The number of benzene rings is 1. The Morgan fingerprint density at radius 1 is 1.10 bits per heavy atom. The maximum absolute atomic E-state index is 12.4. The van der Waals surface area contributed by atoms with Gasteiger partial charge in [-0.15, -0.1) is 11.3 Å². The Morgan fingerprint density at radius 3 is 2.52 bits per heavy atom. The molecule has 3 aromatic rings. The minimum atomic E-state index is 0.00671. The summed E-state index contributed by atoms with van der Waals surface area (Å²) in [6.07, 6.45) is 0. The summed E-state index contributed by atoms with van der Waals surface area (Å²) in [7, 11) is 0. The third kappa shape index (κ3) is 5.19. The second kappa shape index (κ2) is 8.47. The molecule has 0 unspecified atom stereocenters. The molecule has 8 heteroatoms. The van der Waals surface area contributed by atoms with Crippen molar-refractivity contribution in [2.45, 2.75) is 32.7 Å². The Bertz CT molecular complexity index is 949. The number of hydrogen-bond donors (Lipinski definition) is 1. The van der Waals surface area contributed by atoms with Crippen LogP contribution in [0.5, 0.6) is 0 Å². The third-order valence-electron chi connectivity index (χ3n) is 5.05. The van der Waals surface area contributed by atoms with Crippen LogP contribution in [0, 0.1) is 0 Å². The quantitative estimate of drug-likeness (QED) is 0.668. The predicted molar refractivity (Wildman–Crippen MR) is 121 cm³/mol. The maximum atomic E-state index is 12.4. The third-order valence-corrected chi connectivity index (χ3v) is 6.84. The summed E-state index contributed by atoms with van der Waals surface area (Å²) in [5.41, 5.74) is 2.20. The number of aromatic nitrogens is 2. The van der Waals surface area contributed by atoms with Gasteiger partial charge in [-0.05, 0) is 12.1 Å². The van der Waals surface area contributed by atoms with Crippen LogP contribution in [-0.2, 0) is 16.8 Å². The van der Waals surface area contributed by atoms with Gasteiger partial charge in [0, 0.05) is 37.0 Å². The number of rotatable bonds is 5. The average Bonchev–Trinajstić information content (AvgIpc) is 3.29. The van der Waals surface area contributed by atoms with Crippen molar-refractivity contribution >= 4 is 43.9 Å². The summed E-state index contributed by atoms with van der Waals surface area (Å²) in [6.45, 7) is 11.6. The number of piperazine rings is 1. The van der Waals surface area contributed by atoms with E-state index in [1.807, 2.05) is 24.3 Å². The normalized spacial score (nSPS) is 16.4. The van der Waals surface area contributed by atoms with E-state index >= 15 is 0 Å². The van der Waals surface area contributed by atoms with E-state index in [0.29, 0.717) is 11.7 Å². The van der Waals surface area contributed by atoms with Gasteiger partial charge < -0.3 is 5.32 Å². The first-order valence-corrected chi connectivity index (χ1v) is 11.6. The molecule has 154 valence electrons. The van der Waals surface area contributed by atoms with E-state index in [1.54, 1.807) is 11.3 Å². The predicted octanol–water partition coefficient (Wildman–Crippen LogP) is 3.81. The highest BCUT2D eigenvalue weighted by Gasteiger charge is 2.22. The summed E-state index contributed by atoms with van der Waals surface area (Å²) in [5, 5.41) is 6.98. The molecule has 6 nitrogen and oxygen atoms in total. The molecule has 0 spiro atoms. The van der Waals surface area contributed by atoms with Gasteiger partial charge in [-0.2, -0.15) is 0 Å². The lowest BCUT2D eigenvalue weighted by molar-refractivity contribution is -0.117. The number of nitrogens with one attached hydrogen (secondary N) is 1. The van der Waals surface area contributed by atoms with Crippen molar-refractivity contribution in [3.63, 3.8) is 0 Å². The Balaban J connectivity index is 1.24. The molecule has 29 heavy (non-hydrogen) atoms.